The quantitative estimate of drug-likeness (QED) is 0.898. The average molecular weight is 294 g/mol. The van der Waals surface area contributed by atoms with Crippen molar-refractivity contribution < 1.29 is 8.42 Å². The van der Waals surface area contributed by atoms with E-state index in [0.717, 1.165) is 10.6 Å². The predicted molar refractivity (Wildman–Crippen MR) is 71.7 cm³/mol. The lowest BCUT2D eigenvalue weighted by Gasteiger charge is -1.97. The van der Waals surface area contributed by atoms with Gasteiger partial charge in [-0.15, -0.1) is 5.10 Å². The van der Waals surface area contributed by atoms with Crippen LogP contribution < -0.4 is 4.72 Å². The van der Waals surface area contributed by atoms with Crippen molar-refractivity contribution in [3.63, 3.8) is 0 Å². The Balaban J connectivity index is 1.98. The Morgan fingerprint density at radius 3 is 2.89 bits per heavy atom. The third-order valence-electron chi connectivity index (χ3n) is 2.79. The van der Waals surface area contributed by atoms with Crippen LogP contribution in [-0.4, -0.2) is 23.8 Å². The number of fused-ring (bicyclic) bond motifs is 1. The van der Waals surface area contributed by atoms with Crippen molar-refractivity contribution in [2.45, 2.75) is 18.4 Å². The molecule has 0 unspecified atom stereocenters. The van der Waals surface area contributed by atoms with E-state index in [1.54, 1.807) is 24.3 Å². The molecule has 1 aromatic heterocycles. The Kier molecular flexibility index (Phi) is 2.83. The van der Waals surface area contributed by atoms with Gasteiger partial charge in [0, 0.05) is 5.56 Å². The molecule has 1 N–H and O–H groups in total. The maximum Gasteiger partial charge on any atom is 0.263 e. The highest BCUT2D eigenvalue weighted by molar-refractivity contribution is 7.90. The SMILES string of the molecule is Cc1nnsc1CN=C1NS(=O)(=O)c2ccccc21. The molecule has 0 fully saturated rings. The summed E-state index contributed by atoms with van der Waals surface area (Å²) in [6, 6.07) is 6.79. The Morgan fingerprint density at radius 2 is 2.16 bits per heavy atom. The van der Waals surface area contributed by atoms with Crippen LogP contribution in [0.15, 0.2) is 34.2 Å². The van der Waals surface area contributed by atoms with Gasteiger partial charge >= 0.3 is 0 Å². The minimum Gasteiger partial charge on any atom is -0.263 e. The number of hydrogen-bond acceptors (Lipinski definition) is 6. The smallest absolute Gasteiger partial charge is 0.263 e. The molecule has 1 aliphatic heterocycles. The van der Waals surface area contributed by atoms with Crippen LogP contribution in [-0.2, 0) is 16.6 Å². The van der Waals surface area contributed by atoms with Gasteiger partial charge in [-0.25, -0.2) is 8.42 Å². The first-order valence-electron chi connectivity index (χ1n) is 5.52. The van der Waals surface area contributed by atoms with Gasteiger partial charge in [0.05, 0.1) is 22.0 Å². The van der Waals surface area contributed by atoms with Gasteiger partial charge in [-0.3, -0.25) is 9.71 Å². The zero-order chi connectivity index (χ0) is 13.5. The zero-order valence-electron chi connectivity index (χ0n) is 9.99. The van der Waals surface area contributed by atoms with Crippen LogP contribution in [0.5, 0.6) is 0 Å². The van der Waals surface area contributed by atoms with Crippen LogP contribution in [0.1, 0.15) is 16.1 Å². The fourth-order valence-corrected chi connectivity index (χ4v) is 3.61. The summed E-state index contributed by atoms with van der Waals surface area (Å²) in [6.45, 7) is 2.22. The fourth-order valence-electron chi connectivity index (χ4n) is 1.80. The van der Waals surface area contributed by atoms with E-state index in [0.29, 0.717) is 17.9 Å². The number of nitrogens with zero attached hydrogens (tertiary/aromatic N) is 3. The second-order valence-electron chi connectivity index (χ2n) is 4.05. The first kappa shape index (κ1) is 12.2. The molecule has 3 rings (SSSR count). The Hall–Kier alpha value is -1.80. The van der Waals surface area contributed by atoms with E-state index in [1.165, 1.54) is 11.5 Å². The van der Waals surface area contributed by atoms with Crippen LogP contribution in [0.2, 0.25) is 0 Å². The van der Waals surface area contributed by atoms with Crippen molar-refractivity contribution in [1.82, 2.24) is 14.3 Å². The lowest BCUT2D eigenvalue weighted by molar-refractivity contribution is 0.595. The van der Waals surface area contributed by atoms with Gasteiger partial charge in [-0.2, -0.15) is 0 Å². The number of amidine groups is 1. The molecular formula is C11H10N4O2S2. The number of sulfonamides is 1. The number of nitrogens with one attached hydrogen (secondary N) is 1. The summed E-state index contributed by atoms with van der Waals surface area (Å²) in [5.74, 6) is 0.378. The van der Waals surface area contributed by atoms with Crippen LogP contribution in [0.4, 0.5) is 0 Å². The first-order chi connectivity index (χ1) is 9.08. The summed E-state index contributed by atoms with van der Waals surface area (Å²) < 4.78 is 30.0. The zero-order valence-corrected chi connectivity index (χ0v) is 11.6. The molecule has 2 aromatic rings. The van der Waals surface area contributed by atoms with Gasteiger partial charge in [0.2, 0.25) is 0 Å². The van der Waals surface area contributed by atoms with Gasteiger partial charge in [0.1, 0.15) is 5.84 Å². The summed E-state index contributed by atoms with van der Waals surface area (Å²) in [7, 11) is -3.46. The monoisotopic (exact) mass is 294 g/mol. The molecule has 2 heterocycles. The third-order valence-corrected chi connectivity index (χ3v) is 4.99. The van der Waals surface area contributed by atoms with Crippen molar-refractivity contribution in [2.24, 2.45) is 4.99 Å². The molecule has 0 saturated heterocycles. The Bertz CT molecular complexity index is 765. The van der Waals surface area contributed by atoms with Gasteiger partial charge in [-0.05, 0) is 30.6 Å². The first-order valence-corrected chi connectivity index (χ1v) is 7.78. The van der Waals surface area contributed by atoms with E-state index in [4.69, 9.17) is 0 Å². The third kappa shape index (κ3) is 2.13. The molecule has 0 atom stereocenters. The maximum absolute atomic E-state index is 11.9. The molecule has 0 saturated carbocycles. The number of hydrogen-bond donors (Lipinski definition) is 1. The molecule has 0 amide bonds. The highest BCUT2D eigenvalue weighted by Gasteiger charge is 2.29. The summed E-state index contributed by atoms with van der Waals surface area (Å²) in [4.78, 5) is 5.52. The number of aryl methyl sites for hydroxylation is 1. The normalized spacial score (nSPS) is 18.3. The van der Waals surface area contributed by atoms with Crippen molar-refractivity contribution >= 4 is 27.4 Å². The molecule has 0 bridgehead atoms. The lowest BCUT2D eigenvalue weighted by atomic mass is 10.2. The Labute approximate surface area is 114 Å². The molecule has 98 valence electrons. The second kappa shape index (κ2) is 4.39. The largest absolute Gasteiger partial charge is 0.263 e. The summed E-state index contributed by atoms with van der Waals surface area (Å²) in [6.07, 6.45) is 0. The maximum atomic E-state index is 11.9. The number of rotatable bonds is 2. The lowest BCUT2D eigenvalue weighted by Crippen LogP contribution is -2.22. The summed E-state index contributed by atoms with van der Waals surface area (Å²) >= 11 is 1.27. The van der Waals surface area contributed by atoms with E-state index in [1.807, 2.05) is 6.92 Å². The van der Waals surface area contributed by atoms with Crippen LogP contribution >= 0.6 is 11.5 Å². The van der Waals surface area contributed by atoms with Crippen LogP contribution in [0.25, 0.3) is 0 Å². The average Bonchev–Trinajstić information content (AvgIpc) is 2.90. The molecule has 0 spiro atoms. The molecule has 6 nitrogen and oxygen atoms in total. The van der Waals surface area contributed by atoms with E-state index in [2.05, 4.69) is 19.3 Å². The summed E-state index contributed by atoms with van der Waals surface area (Å²) in [5, 5.41) is 3.90. The number of aliphatic imine (C=N–C) groups is 1. The molecule has 19 heavy (non-hydrogen) atoms. The minimum atomic E-state index is -3.46. The van der Waals surface area contributed by atoms with E-state index in [-0.39, 0.29) is 4.90 Å². The van der Waals surface area contributed by atoms with Gasteiger partial charge in [0.25, 0.3) is 10.0 Å². The molecule has 1 aromatic carbocycles. The van der Waals surface area contributed by atoms with E-state index in [9.17, 15) is 8.42 Å². The van der Waals surface area contributed by atoms with Crippen molar-refractivity contribution in [3.8, 4) is 0 Å². The van der Waals surface area contributed by atoms with Gasteiger partial charge in [-0.1, -0.05) is 16.6 Å². The molecular weight excluding hydrogens is 284 g/mol. The van der Waals surface area contributed by atoms with Crippen LogP contribution in [0.3, 0.4) is 0 Å². The molecule has 8 heteroatoms. The predicted octanol–water partition coefficient (Wildman–Crippen LogP) is 1.09. The standard InChI is InChI=1S/C11H10N4O2S2/c1-7-9(18-15-13-7)6-12-11-8-4-2-3-5-10(8)19(16,17)14-11/h2-5H,6H2,1H3,(H,12,14). The minimum absolute atomic E-state index is 0.271. The van der Waals surface area contributed by atoms with Gasteiger partial charge < -0.3 is 0 Å². The molecule has 1 aliphatic rings. The summed E-state index contributed by atoms with van der Waals surface area (Å²) in [5.41, 5.74) is 1.43. The van der Waals surface area contributed by atoms with Crippen molar-refractivity contribution in [2.75, 3.05) is 0 Å². The Morgan fingerprint density at radius 1 is 1.37 bits per heavy atom. The number of aromatic nitrogens is 2. The van der Waals surface area contributed by atoms with Crippen molar-refractivity contribution in [1.29, 1.82) is 0 Å². The fraction of sp³-hybridized carbons (Fsp3) is 0.182. The highest BCUT2D eigenvalue weighted by Crippen LogP contribution is 2.22. The van der Waals surface area contributed by atoms with Crippen molar-refractivity contribution in [3.05, 3.63) is 40.4 Å². The van der Waals surface area contributed by atoms with Crippen LogP contribution in [0, 0.1) is 6.92 Å². The van der Waals surface area contributed by atoms with E-state index >= 15 is 0 Å². The van der Waals surface area contributed by atoms with E-state index < -0.39 is 10.0 Å². The highest BCUT2D eigenvalue weighted by atomic mass is 32.2. The topological polar surface area (TPSA) is 84.3 Å². The molecule has 0 radical (unpaired) electrons. The van der Waals surface area contributed by atoms with Gasteiger partial charge in [0.15, 0.2) is 0 Å². The number of benzene rings is 1. The molecule has 0 aliphatic carbocycles. The second-order valence-corrected chi connectivity index (χ2v) is 6.54.